The molecule has 0 aromatic carbocycles. The summed E-state index contributed by atoms with van der Waals surface area (Å²) in [7, 11) is 0. The number of ether oxygens (including phenoxy) is 1. The molecule has 2 aromatic rings. The van der Waals surface area contributed by atoms with Gasteiger partial charge in [-0.2, -0.15) is 5.10 Å². The van der Waals surface area contributed by atoms with E-state index in [4.69, 9.17) is 4.74 Å². The fourth-order valence-electron chi connectivity index (χ4n) is 2.84. The zero-order valence-electron chi connectivity index (χ0n) is 14.1. The number of pyridine rings is 1. The number of carbonyl (C=O) groups is 2. The lowest BCUT2D eigenvalue weighted by Gasteiger charge is -2.34. The summed E-state index contributed by atoms with van der Waals surface area (Å²) in [6.45, 7) is 5.47. The molecule has 1 aliphatic rings. The van der Waals surface area contributed by atoms with E-state index in [1.165, 1.54) is 0 Å². The van der Waals surface area contributed by atoms with Crippen LogP contribution in [0.1, 0.15) is 33.3 Å². The molecule has 0 radical (unpaired) electrons. The summed E-state index contributed by atoms with van der Waals surface area (Å²) in [5.74, 6) is -0.362. The highest BCUT2D eigenvalue weighted by Gasteiger charge is 2.24. The third kappa shape index (κ3) is 4.03. The van der Waals surface area contributed by atoms with E-state index in [1.807, 2.05) is 4.90 Å². The Labute approximate surface area is 145 Å². The largest absolute Gasteiger partial charge is 0.461 e. The van der Waals surface area contributed by atoms with Gasteiger partial charge in [-0.15, -0.1) is 0 Å². The van der Waals surface area contributed by atoms with Gasteiger partial charge < -0.3 is 9.64 Å². The van der Waals surface area contributed by atoms with Crippen LogP contribution in [0, 0.1) is 0 Å². The van der Waals surface area contributed by atoms with E-state index in [-0.39, 0.29) is 11.9 Å². The molecular formula is C17H21N5O3. The maximum absolute atomic E-state index is 12.4. The molecule has 25 heavy (non-hydrogen) atoms. The monoisotopic (exact) mass is 343 g/mol. The van der Waals surface area contributed by atoms with Crippen LogP contribution in [0.3, 0.4) is 0 Å². The Balaban J connectivity index is 1.56. The second-order valence-corrected chi connectivity index (χ2v) is 5.79. The Kier molecular flexibility index (Phi) is 5.39. The van der Waals surface area contributed by atoms with Gasteiger partial charge in [0.15, 0.2) is 0 Å². The summed E-state index contributed by atoms with van der Waals surface area (Å²) >= 11 is 0. The molecule has 0 spiro atoms. The normalized spacial score (nSPS) is 15.2. The summed E-state index contributed by atoms with van der Waals surface area (Å²) < 4.78 is 5.03. The van der Waals surface area contributed by atoms with Crippen LogP contribution in [0.15, 0.2) is 30.7 Å². The highest BCUT2D eigenvalue weighted by Crippen LogP contribution is 2.14. The Morgan fingerprint density at radius 2 is 1.92 bits per heavy atom. The van der Waals surface area contributed by atoms with Crippen molar-refractivity contribution < 1.29 is 14.3 Å². The number of esters is 1. The molecule has 3 heterocycles. The quantitative estimate of drug-likeness (QED) is 0.813. The standard InChI is InChI=1S/C17H21N5O3/c1-2-25-17(24)15-14(11-19-20-15)12-21-7-9-22(10-8-21)16(23)13-3-5-18-6-4-13/h3-6,11H,2,7-10,12H2,1H3,(H,19,20). The first-order chi connectivity index (χ1) is 12.2. The molecule has 0 aliphatic carbocycles. The molecule has 8 heteroatoms. The van der Waals surface area contributed by atoms with Crippen LogP contribution < -0.4 is 0 Å². The third-order valence-corrected chi connectivity index (χ3v) is 4.18. The first-order valence-corrected chi connectivity index (χ1v) is 8.30. The molecular weight excluding hydrogens is 322 g/mol. The number of hydrogen-bond donors (Lipinski definition) is 1. The molecule has 1 fully saturated rings. The summed E-state index contributed by atoms with van der Waals surface area (Å²) in [6, 6.07) is 3.46. The smallest absolute Gasteiger partial charge is 0.356 e. The molecule has 1 aliphatic heterocycles. The van der Waals surface area contributed by atoms with Gasteiger partial charge in [-0.3, -0.25) is 19.8 Å². The predicted octanol–water partition coefficient (Wildman–Crippen LogP) is 0.939. The van der Waals surface area contributed by atoms with E-state index >= 15 is 0 Å². The SMILES string of the molecule is CCOC(=O)c1[nH]ncc1CN1CCN(C(=O)c2ccncc2)CC1. The van der Waals surface area contributed by atoms with E-state index in [0.29, 0.717) is 37.5 Å². The molecule has 132 valence electrons. The van der Waals surface area contributed by atoms with Crippen LogP contribution in [-0.4, -0.2) is 69.6 Å². The maximum atomic E-state index is 12.4. The van der Waals surface area contributed by atoms with E-state index in [2.05, 4.69) is 20.1 Å². The molecule has 0 saturated carbocycles. The minimum Gasteiger partial charge on any atom is -0.461 e. The van der Waals surface area contributed by atoms with Crippen LogP contribution in [0.25, 0.3) is 0 Å². The van der Waals surface area contributed by atoms with Crippen molar-refractivity contribution in [1.82, 2.24) is 25.0 Å². The summed E-state index contributed by atoms with van der Waals surface area (Å²) in [6.07, 6.45) is 4.90. The Bertz CT molecular complexity index is 723. The van der Waals surface area contributed by atoms with Crippen LogP contribution in [-0.2, 0) is 11.3 Å². The topological polar surface area (TPSA) is 91.4 Å². The molecule has 1 saturated heterocycles. The van der Waals surface area contributed by atoms with Crippen molar-refractivity contribution in [2.75, 3.05) is 32.8 Å². The number of H-pyrrole nitrogens is 1. The van der Waals surface area contributed by atoms with Gasteiger partial charge in [-0.1, -0.05) is 0 Å². The zero-order chi connectivity index (χ0) is 17.6. The summed E-state index contributed by atoms with van der Waals surface area (Å²) in [4.78, 5) is 32.3. The Morgan fingerprint density at radius 3 is 2.60 bits per heavy atom. The lowest BCUT2D eigenvalue weighted by Crippen LogP contribution is -2.48. The minimum atomic E-state index is -0.387. The molecule has 3 rings (SSSR count). The fraction of sp³-hybridized carbons (Fsp3) is 0.412. The molecule has 1 amide bonds. The first kappa shape index (κ1) is 17.1. The number of hydrogen-bond acceptors (Lipinski definition) is 6. The lowest BCUT2D eigenvalue weighted by atomic mass is 10.2. The van der Waals surface area contributed by atoms with E-state index in [0.717, 1.165) is 18.7 Å². The van der Waals surface area contributed by atoms with Crippen molar-refractivity contribution in [3.8, 4) is 0 Å². The average molecular weight is 343 g/mol. The van der Waals surface area contributed by atoms with Gasteiger partial charge in [0.1, 0.15) is 5.69 Å². The maximum Gasteiger partial charge on any atom is 0.356 e. The van der Waals surface area contributed by atoms with Crippen molar-refractivity contribution in [1.29, 1.82) is 0 Å². The summed E-state index contributed by atoms with van der Waals surface area (Å²) in [5, 5.41) is 6.66. The number of amides is 1. The average Bonchev–Trinajstić information content (AvgIpc) is 3.11. The molecule has 1 N–H and O–H groups in total. The van der Waals surface area contributed by atoms with E-state index in [9.17, 15) is 9.59 Å². The molecule has 0 atom stereocenters. The van der Waals surface area contributed by atoms with Gasteiger partial charge in [-0.25, -0.2) is 4.79 Å². The van der Waals surface area contributed by atoms with Crippen molar-refractivity contribution in [3.63, 3.8) is 0 Å². The van der Waals surface area contributed by atoms with Crippen LogP contribution >= 0.6 is 0 Å². The number of carbonyl (C=O) groups excluding carboxylic acids is 2. The number of piperazine rings is 1. The number of aromatic amines is 1. The number of nitrogens with one attached hydrogen (secondary N) is 1. The number of aromatic nitrogens is 3. The van der Waals surface area contributed by atoms with Crippen molar-refractivity contribution in [3.05, 3.63) is 47.5 Å². The van der Waals surface area contributed by atoms with Gasteiger partial charge >= 0.3 is 5.97 Å². The zero-order valence-corrected chi connectivity index (χ0v) is 14.1. The van der Waals surface area contributed by atoms with Gasteiger partial charge in [0.05, 0.1) is 12.8 Å². The van der Waals surface area contributed by atoms with Crippen LogP contribution in [0.2, 0.25) is 0 Å². The Hall–Kier alpha value is -2.74. The molecule has 0 bridgehead atoms. The number of rotatable bonds is 5. The van der Waals surface area contributed by atoms with Crippen molar-refractivity contribution in [2.45, 2.75) is 13.5 Å². The van der Waals surface area contributed by atoms with Gasteiger partial charge in [0, 0.05) is 56.2 Å². The van der Waals surface area contributed by atoms with Gasteiger partial charge in [0.25, 0.3) is 5.91 Å². The number of nitrogens with zero attached hydrogens (tertiary/aromatic N) is 4. The second-order valence-electron chi connectivity index (χ2n) is 5.79. The van der Waals surface area contributed by atoms with Crippen LogP contribution in [0.5, 0.6) is 0 Å². The minimum absolute atomic E-state index is 0.0255. The van der Waals surface area contributed by atoms with Crippen LogP contribution in [0.4, 0.5) is 0 Å². The van der Waals surface area contributed by atoms with Crippen molar-refractivity contribution in [2.24, 2.45) is 0 Å². The molecule has 0 unspecified atom stereocenters. The fourth-order valence-corrected chi connectivity index (χ4v) is 2.84. The second kappa shape index (κ2) is 7.89. The predicted molar refractivity (Wildman–Crippen MR) is 90.0 cm³/mol. The summed E-state index contributed by atoms with van der Waals surface area (Å²) in [5.41, 5.74) is 1.87. The Morgan fingerprint density at radius 1 is 1.20 bits per heavy atom. The van der Waals surface area contributed by atoms with E-state index < -0.39 is 0 Å². The van der Waals surface area contributed by atoms with Gasteiger partial charge in [-0.05, 0) is 19.1 Å². The first-order valence-electron chi connectivity index (χ1n) is 8.30. The van der Waals surface area contributed by atoms with E-state index in [1.54, 1.807) is 37.6 Å². The highest BCUT2D eigenvalue weighted by molar-refractivity contribution is 5.94. The molecule has 8 nitrogen and oxygen atoms in total. The molecule has 2 aromatic heterocycles. The van der Waals surface area contributed by atoms with Gasteiger partial charge in [0.2, 0.25) is 0 Å². The highest BCUT2D eigenvalue weighted by atomic mass is 16.5. The van der Waals surface area contributed by atoms with Crippen molar-refractivity contribution >= 4 is 11.9 Å². The lowest BCUT2D eigenvalue weighted by molar-refractivity contribution is 0.0516. The third-order valence-electron chi connectivity index (χ3n) is 4.18.